The number of fused-ring (bicyclic) bond motifs is 1. The molecule has 2 saturated heterocycles. The molecule has 26 heavy (non-hydrogen) atoms. The highest BCUT2D eigenvalue weighted by molar-refractivity contribution is 6.08. The minimum Gasteiger partial charge on any atom is -0.372 e. The first-order valence-corrected chi connectivity index (χ1v) is 9.28. The van der Waals surface area contributed by atoms with Gasteiger partial charge in [-0.2, -0.15) is 0 Å². The van der Waals surface area contributed by atoms with Gasteiger partial charge in [-0.05, 0) is 49.9 Å². The average Bonchev–Trinajstić information content (AvgIpc) is 3.27. The Bertz CT molecular complexity index is 724. The quantitative estimate of drug-likeness (QED) is 0.665. The summed E-state index contributed by atoms with van der Waals surface area (Å²) in [6.07, 6.45) is 7.49. The molecule has 6 heteroatoms. The van der Waals surface area contributed by atoms with E-state index in [-0.39, 0.29) is 36.1 Å². The van der Waals surface area contributed by atoms with E-state index in [1.807, 2.05) is 36.4 Å². The Morgan fingerprint density at radius 3 is 2.12 bits per heavy atom. The van der Waals surface area contributed by atoms with Crippen LogP contribution >= 0.6 is 0 Å². The number of nitrogens with one attached hydrogen (secondary N) is 1. The molecule has 6 nitrogen and oxygen atoms in total. The highest BCUT2D eigenvalue weighted by Gasteiger charge is 2.47. The fourth-order valence-corrected chi connectivity index (χ4v) is 4.10. The molecule has 2 fully saturated rings. The molecule has 0 saturated carbocycles. The first kappa shape index (κ1) is 16.8. The van der Waals surface area contributed by atoms with Gasteiger partial charge in [0, 0.05) is 24.5 Å². The molecule has 1 N–H and O–H groups in total. The van der Waals surface area contributed by atoms with E-state index in [0.29, 0.717) is 18.5 Å². The van der Waals surface area contributed by atoms with Gasteiger partial charge in [0.1, 0.15) is 6.54 Å². The van der Waals surface area contributed by atoms with Crippen LogP contribution in [-0.4, -0.2) is 42.3 Å². The van der Waals surface area contributed by atoms with E-state index in [1.165, 1.54) is 12.8 Å². The van der Waals surface area contributed by atoms with Crippen LogP contribution in [0.3, 0.4) is 0 Å². The van der Waals surface area contributed by atoms with Crippen molar-refractivity contribution >= 4 is 29.1 Å². The SMILES string of the molecule is O=C(CN1C(=O)[C@H]2CC=CC[C@H]2C1=O)Nc1ccc(N2CCCC2)cc1. The highest BCUT2D eigenvalue weighted by Crippen LogP contribution is 2.34. The number of benzene rings is 1. The number of allylic oxidation sites excluding steroid dienone is 2. The zero-order valence-corrected chi connectivity index (χ0v) is 14.7. The maximum absolute atomic E-state index is 12.4. The number of imide groups is 1. The summed E-state index contributed by atoms with van der Waals surface area (Å²) in [7, 11) is 0. The van der Waals surface area contributed by atoms with Gasteiger partial charge in [-0.25, -0.2) is 0 Å². The van der Waals surface area contributed by atoms with Gasteiger partial charge in [0.05, 0.1) is 11.8 Å². The Balaban J connectivity index is 1.36. The van der Waals surface area contributed by atoms with Crippen molar-refractivity contribution in [1.29, 1.82) is 0 Å². The zero-order valence-electron chi connectivity index (χ0n) is 14.7. The van der Waals surface area contributed by atoms with E-state index in [9.17, 15) is 14.4 Å². The van der Waals surface area contributed by atoms with Crippen molar-refractivity contribution in [2.24, 2.45) is 11.8 Å². The van der Waals surface area contributed by atoms with Crippen molar-refractivity contribution in [3.8, 4) is 0 Å². The molecule has 0 unspecified atom stereocenters. The lowest BCUT2D eigenvalue weighted by Gasteiger charge is -2.18. The molecular weight excluding hydrogens is 330 g/mol. The average molecular weight is 353 g/mol. The summed E-state index contributed by atoms with van der Waals surface area (Å²) >= 11 is 0. The lowest BCUT2D eigenvalue weighted by atomic mass is 9.85. The predicted octanol–water partition coefficient (Wildman–Crippen LogP) is 2.18. The molecule has 3 aliphatic rings. The van der Waals surface area contributed by atoms with E-state index >= 15 is 0 Å². The fraction of sp³-hybridized carbons (Fsp3) is 0.450. The second-order valence-corrected chi connectivity index (χ2v) is 7.21. The van der Waals surface area contributed by atoms with Gasteiger partial charge < -0.3 is 10.2 Å². The maximum atomic E-state index is 12.4. The minimum absolute atomic E-state index is 0.210. The molecule has 0 bridgehead atoms. The third-order valence-electron chi connectivity index (χ3n) is 5.52. The molecule has 1 aromatic carbocycles. The second-order valence-electron chi connectivity index (χ2n) is 7.21. The molecule has 0 radical (unpaired) electrons. The Labute approximate surface area is 152 Å². The fourth-order valence-electron chi connectivity index (χ4n) is 4.10. The van der Waals surface area contributed by atoms with Crippen LogP contribution in [0.2, 0.25) is 0 Å². The van der Waals surface area contributed by atoms with Crippen LogP contribution in [0, 0.1) is 11.8 Å². The number of carbonyl (C=O) groups is 3. The third kappa shape index (κ3) is 3.11. The lowest BCUT2D eigenvalue weighted by Crippen LogP contribution is -2.38. The lowest BCUT2D eigenvalue weighted by molar-refractivity contribution is -0.142. The zero-order chi connectivity index (χ0) is 18.1. The van der Waals surface area contributed by atoms with Gasteiger partial charge in [-0.1, -0.05) is 12.2 Å². The number of rotatable bonds is 4. The first-order chi connectivity index (χ1) is 12.6. The number of nitrogens with zero attached hydrogens (tertiary/aromatic N) is 2. The van der Waals surface area contributed by atoms with Crippen LogP contribution in [0.4, 0.5) is 11.4 Å². The van der Waals surface area contributed by atoms with E-state index in [2.05, 4.69) is 10.2 Å². The van der Waals surface area contributed by atoms with Crippen LogP contribution in [0.1, 0.15) is 25.7 Å². The molecule has 1 aliphatic carbocycles. The summed E-state index contributed by atoms with van der Waals surface area (Å²) in [6, 6.07) is 7.71. The number of likely N-dealkylation sites (tertiary alicyclic amines) is 1. The summed E-state index contributed by atoms with van der Waals surface area (Å²) in [5.74, 6) is -1.36. The summed E-state index contributed by atoms with van der Waals surface area (Å²) in [6.45, 7) is 1.93. The number of carbonyl (C=O) groups excluding carboxylic acids is 3. The monoisotopic (exact) mass is 353 g/mol. The smallest absolute Gasteiger partial charge is 0.244 e. The van der Waals surface area contributed by atoms with Crippen molar-refractivity contribution in [2.45, 2.75) is 25.7 Å². The van der Waals surface area contributed by atoms with Gasteiger partial charge in [0.25, 0.3) is 0 Å². The molecule has 2 heterocycles. The molecule has 0 aromatic heterocycles. The summed E-state index contributed by atoms with van der Waals surface area (Å²) in [5.41, 5.74) is 1.83. The largest absolute Gasteiger partial charge is 0.372 e. The molecule has 2 aliphatic heterocycles. The number of anilines is 2. The van der Waals surface area contributed by atoms with Crippen molar-refractivity contribution < 1.29 is 14.4 Å². The van der Waals surface area contributed by atoms with Crippen LogP contribution in [0.25, 0.3) is 0 Å². The Kier molecular flexibility index (Phi) is 4.49. The van der Waals surface area contributed by atoms with Crippen molar-refractivity contribution in [2.75, 3.05) is 29.9 Å². The van der Waals surface area contributed by atoms with Gasteiger partial charge in [-0.15, -0.1) is 0 Å². The van der Waals surface area contributed by atoms with E-state index in [4.69, 9.17) is 0 Å². The molecule has 0 spiro atoms. The Hall–Kier alpha value is -2.63. The van der Waals surface area contributed by atoms with E-state index in [1.54, 1.807) is 0 Å². The number of amides is 3. The third-order valence-corrected chi connectivity index (χ3v) is 5.52. The standard InChI is InChI=1S/C20H23N3O3/c24-18(13-23-19(25)16-5-1-2-6-17(16)20(23)26)21-14-7-9-15(10-8-14)22-11-3-4-12-22/h1-2,7-10,16-17H,3-6,11-13H2,(H,21,24)/t16-,17+. The minimum atomic E-state index is -0.341. The van der Waals surface area contributed by atoms with E-state index in [0.717, 1.165) is 23.7 Å². The first-order valence-electron chi connectivity index (χ1n) is 9.28. The summed E-state index contributed by atoms with van der Waals surface area (Å²) in [4.78, 5) is 40.6. The predicted molar refractivity (Wildman–Crippen MR) is 98.6 cm³/mol. The van der Waals surface area contributed by atoms with Crippen LogP contribution in [0.15, 0.2) is 36.4 Å². The summed E-state index contributed by atoms with van der Waals surface area (Å²) in [5, 5.41) is 2.79. The Morgan fingerprint density at radius 2 is 1.54 bits per heavy atom. The topological polar surface area (TPSA) is 69.7 Å². The van der Waals surface area contributed by atoms with Gasteiger partial charge >= 0.3 is 0 Å². The highest BCUT2D eigenvalue weighted by atomic mass is 16.2. The van der Waals surface area contributed by atoms with Gasteiger partial charge in [-0.3, -0.25) is 19.3 Å². The molecule has 136 valence electrons. The number of hydrogen-bond acceptors (Lipinski definition) is 4. The van der Waals surface area contributed by atoms with Crippen LogP contribution < -0.4 is 10.2 Å². The normalized spacial score (nSPS) is 24.9. The molecule has 3 amide bonds. The molecule has 1 aromatic rings. The molecule has 2 atom stereocenters. The van der Waals surface area contributed by atoms with E-state index < -0.39 is 0 Å². The Morgan fingerprint density at radius 1 is 0.962 bits per heavy atom. The van der Waals surface area contributed by atoms with Gasteiger partial charge in [0.2, 0.25) is 17.7 Å². The van der Waals surface area contributed by atoms with Crippen molar-refractivity contribution in [3.63, 3.8) is 0 Å². The van der Waals surface area contributed by atoms with Crippen molar-refractivity contribution in [1.82, 2.24) is 4.90 Å². The molecule has 4 rings (SSSR count). The van der Waals surface area contributed by atoms with Gasteiger partial charge in [0.15, 0.2) is 0 Å². The maximum Gasteiger partial charge on any atom is 0.244 e. The number of hydrogen-bond donors (Lipinski definition) is 1. The van der Waals surface area contributed by atoms with Crippen molar-refractivity contribution in [3.05, 3.63) is 36.4 Å². The van der Waals surface area contributed by atoms with Crippen LogP contribution in [0.5, 0.6) is 0 Å². The van der Waals surface area contributed by atoms with Crippen LogP contribution in [-0.2, 0) is 14.4 Å². The summed E-state index contributed by atoms with van der Waals surface area (Å²) < 4.78 is 0. The second kappa shape index (κ2) is 6.94. The molecular formula is C20H23N3O3.